The lowest BCUT2D eigenvalue weighted by Crippen LogP contribution is -2.43. The van der Waals surface area contributed by atoms with Gasteiger partial charge in [0.25, 0.3) is 11.2 Å². The fourth-order valence-electron chi connectivity index (χ4n) is 4.19. The molecule has 1 fully saturated rings. The molecule has 9 nitrogen and oxygen atoms in total. The molecule has 10 heteroatoms. The van der Waals surface area contributed by atoms with Crippen LogP contribution >= 0.6 is 0 Å². The molecule has 4 rings (SSSR count). The van der Waals surface area contributed by atoms with E-state index < -0.39 is 0 Å². The van der Waals surface area contributed by atoms with Crippen LogP contribution in [0.25, 0.3) is 11.0 Å². The number of aryl methyl sites for hydroxylation is 1. The van der Waals surface area contributed by atoms with Crippen molar-refractivity contribution in [3.8, 4) is 0 Å². The van der Waals surface area contributed by atoms with Crippen molar-refractivity contribution in [3.05, 3.63) is 93.2 Å². The Labute approximate surface area is 210 Å². The van der Waals surface area contributed by atoms with E-state index in [2.05, 4.69) is 34.1 Å². The number of likely N-dealkylation sites (tertiary alicyclic amines) is 1. The SMILES string of the molecule is C=C.CN.Cc1ccc(CNC2CCN(CCn3c(=O)cnc4ccc(F)cc43)CC2)cc1[N+](=O)[O-]. The standard InChI is InChI=1S/C23H26FN5O3.C2H4.CH5N/c1-16-2-3-17(12-21(16)29(31)32)14-25-19-6-8-27(9-7-19)10-11-28-22-13-18(24)4-5-20(22)26-15-23(28)30;2*1-2/h2-5,12-13,15,19,25H,6-11,14H2,1H3;1-2H2;2H2,1H3. The monoisotopic (exact) mass is 498 g/mol. The number of benzene rings is 2. The minimum atomic E-state index is -0.385. The number of hydrogen-bond donors (Lipinski definition) is 2. The van der Waals surface area contributed by atoms with Gasteiger partial charge in [0.1, 0.15) is 5.82 Å². The maximum atomic E-state index is 13.7. The lowest BCUT2D eigenvalue weighted by molar-refractivity contribution is -0.385. The Morgan fingerprint density at radius 3 is 2.53 bits per heavy atom. The van der Waals surface area contributed by atoms with E-state index in [1.54, 1.807) is 29.7 Å². The second-order valence-electron chi connectivity index (χ2n) is 8.26. The molecule has 3 aromatic rings. The van der Waals surface area contributed by atoms with Gasteiger partial charge in [-0.3, -0.25) is 14.9 Å². The van der Waals surface area contributed by atoms with Crippen LogP contribution in [0, 0.1) is 22.9 Å². The molecule has 194 valence electrons. The minimum absolute atomic E-state index is 0.151. The molecule has 1 aliphatic heterocycles. The number of nitro groups is 1. The predicted octanol–water partition coefficient (Wildman–Crippen LogP) is 3.38. The number of hydrogen-bond acceptors (Lipinski definition) is 7. The Balaban J connectivity index is 0.00000109. The topological polar surface area (TPSA) is 119 Å². The van der Waals surface area contributed by atoms with Gasteiger partial charge in [0.2, 0.25) is 0 Å². The highest BCUT2D eigenvalue weighted by molar-refractivity contribution is 5.74. The van der Waals surface area contributed by atoms with Crippen LogP contribution in [-0.2, 0) is 13.1 Å². The third kappa shape index (κ3) is 7.51. The Morgan fingerprint density at radius 1 is 1.17 bits per heavy atom. The quantitative estimate of drug-likeness (QED) is 0.291. The van der Waals surface area contributed by atoms with Crippen LogP contribution in [0.4, 0.5) is 10.1 Å². The Kier molecular flexibility index (Phi) is 11.3. The zero-order valence-electron chi connectivity index (χ0n) is 21.0. The summed E-state index contributed by atoms with van der Waals surface area (Å²) < 4.78 is 15.3. The molecule has 0 unspecified atom stereocenters. The molecule has 0 saturated carbocycles. The summed E-state index contributed by atoms with van der Waals surface area (Å²) in [6, 6.07) is 9.97. The Morgan fingerprint density at radius 2 is 1.86 bits per heavy atom. The van der Waals surface area contributed by atoms with Gasteiger partial charge in [-0.2, -0.15) is 0 Å². The van der Waals surface area contributed by atoms with Crippen LogP contribution in [0.5, 0.6) is 0 Å². The van der Waals surface area contributed by atoms with Gasteiger partial charge in [0.15, 0.2) is 0 Å². The third-order valence-electron chi connectivity index (χ3n) is 6.10. The summed E-state index contributed by atoms with van der Waals surface area (Å²) in [5, 5.41) is 14.6. The number of nitrogens with one attached hydrogen (secondary N) is 1. The Hall–Kier alpha value is -3.47. The van der Waals surface area contributed by atoms with Crippen LogP contribution in [0.15, 0.2) is 60.5 Å². The van der Waals surface area contributed by atoms with Gasteiger partial charge in [-0.1, -0.05) is 12.1 Å². The molecule has 1 saturated heterocycles. The molecule has 3 N–H and O–H groups in total. The van der Waals surface area contributed by atoms with Gasteiger partial charge in [-0.25, -0.2) is 9.37 Å². The summed E-state index contributed by atoms with van der Waals surface area (Å²) in [6.07, 6.45) is 3.19. The second-order valence-corrected chi connectivity index (χ2v) is 8.26. The molecule has 1 aromatic heterocycles. The number of rotatable bonds is 7. The van der Waals surface area contributed by atoms with Gasteiger partial charge in [-0.15, -0.1) is 13.2 Å². The van der Waals surface area contributed by atoms with Crippen molar-refractivity contribution < 1.29 is 9.31 Å². The molecule has 0 aliphatic carbocycles. The predicted molar refractivity (Wildman–Crippen MR) is 141 cm³/mol. The van der Waals surface area contributed by atoms with E-state index in [4.69, 9.17) is 0 Å². The summed E-state index contributed by atoms with van der Waals surface area (Å²) in [4.78, 5) is 29.5. The summed E-state index contributed by atoms with van der Waals surface area (Å²) in [7, 11) is 1.50. The van der Waals surface area contributed by atoms with Gasteiger partial charge in [0.05, 0.1) is 22.2 Å². The van der Waals surface area contributed by atoms with Crippen molar-refractivity contribution in [2.45, 2.75) is 38.9 Å². The summed E-state index contributed by atoms with van der Waals surface area (Å²) in [5.74, 6) is -0.385. The molecule has 36 heavy (non-hydrogen) atoms. The third-order valence-corrected chi connectivity index (χ3v) is 6.10. The highest BCUT2D eigenvalue weighted by Gasteiger charge is 2.19. The van der Waals surface area contributed by atoms with Crippen LogP contribution in [0.3, 0.4) is 0 Å². The maximum absolute atomic E-state index is 13.7. The van der Waals surface area contributed by atoms with Crippen LogP contribution in [0.1, 0.15) is 24.0 Å². The first-order chi connectivity index (χ1) is 17.4. The van der Waals surface area contributed by atoms with Crippen molar-refractivity contribution in [2.75, 3.05) is 26.7 Å². The highest BCUT2D eigenvalue weighted by atomic mass is 19.1. The van der Waals surface area contributed by atoms with E-state index in [1.165, 1.54) is 25.4 Å². The normalized spacial score (nSPS) is 13.9. The van der Waals surface area contributed by atoms with Crippen LogP contribution < -0.4 is 16.6 Å². The lowest BCUT2D eigenvalue weighted by Gasteiger charge is -2.32. The van der Waals surface area contributed by atoms with Crippen molar-refractivity contribution in [1.29, 1.82) is 0 Å². The second kappa shape index (κ2) is 14.2. The van der Waals surface area contributed by atoms with E-state index in [-0.39, 0.29) is 22.0 Å². The first kappa shape index (κ1) is 28.8. The molecular weight excluding hydrogens is 463 g/mol. The van der Waals surface area contributed by atoms with Gasteiger partial charge >= 0.3 is 0 Å². The van der Waals surface area contributed by atoms with E-state index in [9.17, 15) is 19.3 Å². The Bertz CT molecular complexity index is 1210. The lowest BCUT2D eigenvalue weighted by atomic mass is 10.0. The van der Waals surface area contributed by atoms with E-state index in [0.717, 1.165) is 31.5 Å². The number of nitrogens with two attached hydrogens (primary N) is 1. The van der Waals surface area contributed by atoms with Gasteiger partial charge < -0.3 is 20.5 Å². The fourth-order valence-corrected chi connectivity index (χ4v) is 4.19. The fraction of sp³-hybridized carbons (Fsp3) is 0.385. The minimum Gasteiger partial charge on any atom is -0.333 e. The van der Waals surface area contributed by atoms with Crippen LogP contribution in [-0.4, -0.2) is 52.1 Å². The van der Waals surface area contributed by atoms with Crippen molar-refractivity contribution in [2.24, 2.45) is 5.73 Å². The molecule has 0 amide bonds. The zero-order valence-corrected chi connectivity index (χ0v) is 21.0. The zero-order chi connectivity index (χ0) is 26.7. The largest absolute Gasteiger partial charge is 0.333 e. The molecule has 2 aromatic carbocycles. The van der Waals surface area contributed by atoms with Crippen molar-refractivity contribution >= 4 is 16.7 Å². The highest BCUT2D eigenvalue weighted by Crippen LogP contribution is 2.20. The number of nitrogens with zero attached hydrogens (tertiary/aromatic N) is 4. The van der Waals surface area contributed by atoms with Gasteiger partial charge in [-0.05, 0) is 63.7 Å². The molecule has 0 atom stereocenters. The molecule has 2 heterocycles. The average molecular weight is 499 g/mol. The van der Waals surface area contributed by atoms with E-state index in [1.807, 2.05) is 6.07 Å². The van der Waals surface area contributed by atoms with E-state index in [0.29, 0.717) is 42.3 Å². The number of nitro benzene ring substituents is 1. The molecule has 0 spiro atoms. The molecular formula is C26H35FN6O3. The average Bonchev–Trinajstić information content (AvgIpc) is 2.90. The molecule has 0 radical (unpaired) electrons. The number of halogens is 1. The molecule has 0 bridgehead atoms. The summed E-state index contributed by atoms with van der Waals surface area (Å²) in [5.41, 5.74) is 7.10. The first-order valence-electron chi connectivity index (χ1n) is 11.8. The number of piperidine rings is 1. The van der Waals surface area contributed by atoms with Gasteiger partial charge in [0, 0.05) is 37.3 Å². The summed E-state index contributed by atoms with van der Waals surface area (Å²) in [6.45, 7) is 11.3. The number of fused-ring (bicyclic) bond motifs is 1. The number of aromatic nitrogens is 2. The first-order valence-corrected chi connectivity index (χ1v) is 11.8. The summed E-state index contributed by atoms with van der Waals surface area (Å²) >= 11 is 0. The van der Waals surface area contributed by atoms with Crippen molar-refractivity contribution in [1.82, 2.24) is 19.8 Å². The maximum Gasteiger partial charge on any atom is 0.272 e. The van der Waals surface area contributed by atoms with E-state index >= 15 is 0 Å². The van der Waals surface area contributed by atoms with Crippen molar-refractivity contribution in [3.63, 3.8) is 0 Å². The van der Waals surface area contributed by atoms with Crippen LogP contribution in [0.2, 0.25) is 0 Å². The smallest absolute Gasteiger partial charge is 0.272 e. The molecule has 1 aliphatic rings.